The van der Waals surface area contributed by atoms with Gasteiger partial charge in [0.05, 0.1) is 30.8 Å². The Morgan fingerprint density at radius 1 is 1.04 bits per heavy atom. The Morgan fingerprint density at radius 3 is 2.46 bits per heavy atom. The zero-order chi connectivity index (χ0) is 32.9. The topological polar surface area (TPSA) is 135 Å². The average molecular weight is 661 g/mol. The molecule has 4 aromatic rings. The van der Waals surface area contributed by atoms with Crippen LogP contribution in [0.25, 0.3) is 11.3 Å². The fourth-order valence-corrected chi connectivity index (χ4v) is 5.43. The lowest BCUT2D eigenvalue weighted by molar-refractivity contribution is -0.274. The van der Waals surface area contributed by atoms with Gasteiger partial charge in [-0.3, -0.25) is 9.69 Å². The van der Waals surface area contributed by atoms with E-state index in [0.29, 0.717) is 25.4 Å². The van der Waals surface area contributed by atoms with E-state index in [1.54, 1.807) is 6.07 Å². The number of amides is 1. The molecule has 1 aliphatic heterocycles. The summed E-state index contributed by atoms with van der Waals surface area (Å²) in [7, 11) is -2.94. The Labute approximate surface area is 261 Å². The van der Waals surface area contributed by atoms with Gasteiger partial charge in [0.25, 0.3) is 5.91 Å². The van der Waals surface area contributed by atoms with E-state index in [1.165, 1.54) is 31.3 Å². The van der Waals surface area contributed by atoms with E-state index in [9.17, 15) is 26.4 Å². The summed E-state index contributed by atoms with van der Waals surface area (Å²) in [4.78, 5) is 23.0. The lowest BCUT2D eigenvalue weighted by atomic mass is 10.1. The summed E-state index contributed by atoms with van der Waals surface area (Å²) in [6.07, 6.45) is -3.94. The van der Waals surface area contributed by atoms with E-state index < -0.39 is 33.9 Å². The molecule has 3 aromatic carbocycles. The maximum atomic E-state index is 15.2. The summed E-state index contributed by atoms with van der Waals surface area (Å²) < 4.78 is 89.5. The number of anilines is 3. The number of nitrogens with one attached hydrogen (secondary N) is 3. The first-order valence-corrected chi connectivity index (χ1v) is 15.3. The predicted octanol–water partition coefficient (Wildman–Crippen LogP) is 4.92. The van der Waals surface area contributed by atoms with Crippen LogP contribution in [-0.4, -0.2) is 68.9 Å². The molecule has 1 amide bonds. The number of morpholine rings is 1. The van der Waals surface area contributed by atoms with E-state index >= 15 is 4.39 Å². The molecule has 0 spiro atoms. The minimum Gasteiger partial charge on any atom is -0.406 e. The molecule has 0 saturated carbocycles. The molecule has 0 aliphatic carbocycles. The number of aromatic nitrogens is 2. The summed E-state index contributed by atoms with van der Waals surface area (Å²) in [5.41, 5.74) is 1.43. The molecule has 46 heavy (non-hydrogen) atoms. The maximum Gasteiger partial charge on any atom is 0.573 e. The van der Waals surface area contributed by atoms with Crippen molar-refractivity contribution in [3.63, 3.8) is 0 Å². The molecule has 16 heteroatoms. The highest BCUT2D eigenvalue weighted by atomic mass is 32.2. The number of sulfonamides is 1. The highest BCUT2D eigenvalue weighted by Gasteiger charge is 2.31. The number of hydrogen-bond acceptors (Lipinski definition) is 9. The van der Waals surface area contributed by atoms with Gasteiger partial charge in [0.2, 0.25) is 16.0 Å². The molecule has 3 N–H and O–H groups in total. The second-order valence-corrected chi connectivity index (χ2v) is 11.9. The summed E-state index contributed by atoms with van der Waals surface area (Å²) >= 11 is 0. The molecule has 0 radical (unpaired) electrons. The van der Waals surface area contributed by atoms with Crippen molar-refractivity contribution < 1.29 is 40.2 Å². The standard InChI is InChI=1S/C30H28F4N6O5S/c1-35-46(42,43)26-17-36-29(39-27(26)20-5-8-23(9-6-20)45-30(32,33)34)38-25-10-7-21(16-24(25)31)28(41)37-22-4-2-3-19(15-22)18-40-11-13-44-14-12-40/h2-10,15-17,35H,11-14,18H2,1H3,(H,37,41)(H,36,38,39). The van der Waals surface area contributed by atoms with Gasteiger partial charge in [-0.2, -0.15) is 0 Å². The number of carbonyl (C=O) groups excluding carboxylic acids is 1. The zero-order valence-corrected chi connectivity index (χ0v) is 25.1. The van der Waals surface area contributed by atoms with Crippen LogP contribution in [0.5, 0.6) is 5.75 Å². The smallest absolute Gasteiger partial charge is 0.406 e. The van der Waals surface area contributed by atoms with Crippen LogP contribution in [0.15, 0.2) is 77.8 Å². The summed E-state index contributed by atoms with van der Waals surface area (Å²) in [6.45, 7) is 3.67. The number of benzene rings is 3. The Kier molecular flexibility index (Phi) is 9.81. The van der Waals surface area contributed by atoms with Gasteiger partial charge >= 0.3 is 6.36 Å². The highest BCUT2D eigenvalue weighted by Crippen LogP contribution is 2.30. The van der Waals surface area contributed by atoms with Crippen molar-refractivity contribution in [2.75, 3.05) is 44.0 Å². The van der Waals surface area contributed by atoms with Gasteiger partial charge in [0.1, 0.15) is 16.5 Å². The van der Waals surface area contributed by atoms with E-state index in [1.807, 2.05) is 18.2 Å². The van der Waals surface area contributed by atoms with Crippen molar-refractivity contribution >= 4 is 33.3 Å². The van der Waals surface area contributed by atoms with Crippen LogP contribution in [0.4, 0.5) is 34.9 Å². The van der Waals surface area contributed by atoms with Gasteiger partial charge in [-0.1, -0.05) is 12.1 Å². The van der Waals surface area contributed by atoms with Crippen molar-refractivity contribution in [2.24, 2.45) is 0 Å². The molecule has 5 rings (SSSR count). The number of halogens is 4. The first-order chi connectivity index (χ1) is 21.9. The van der Waals surface area contributed by atoms with Crippen molar-refractivity contribution in [1.29, 1.82) is 0 Å². The SMILES string of the molecule is CNS(=O)(=O)c1cnc(Nc2ccc(C(=O)Nc3cccc(CN4CCOCC4)c3)cc2F)nc1-c1ccc(OC(F)(F)F)cc1. The van der Waals surface area contributed by atoms with E-state index in [-0.39, 0.29) is 33.4 Å². The Hall–Kier alpha value is -4.64. The molecule has 0 unspecified atom stereocenters. The fourth-order valence-electron chi connectivity index (χ4n) is 4.61. The molecule has 1 saturated heterocycles. The maximum absolute atomic E-state index is 15.2. The number of hydrogen-bond donors (Lipinski definition) is 3. The lowest BCUT2D eigenvalue weighted by Crippen LogP contribution is -2.35. The van der Waals surface area contributed by atoms with Crippen LogP contribution in [0.1, 0.15) is 15.9 Å². The molecule has 2 heterocycles. The van der Waals surface area contributed by atoms with Crippen LogP contribution in [-0.2, 0) is 21.3 Å². The number of carbonyl (C=O) groups is 1. The molecule has 1 aromatic heterocycles. The van der Waals surface area contributed by atoms with Crippen LogP contribution < -0.4 is 20.1 Å². The molecule has 0 atom stereocenters. The molecule has 1 fully saturated rings. The Bertz CT molecular complexity index is 1820. The second kappa shape index (κ2) is 13.8. The first kappa shape index (κ1) is 32.7. The Morgan fingerprint density at radius 2 is 1.78 bits per heavy atom. The lowest BCUT2D eigenvalue weighted by Gasteiger charge is -2.26. The van der Waals surface area contributed by atoms with Gasteiger partial charge in [-0.15, -0.1) is 13.2 Å². The van der Waals surface area contributed by atoms with Gasteiger partial charge in [-0.05, 0) is 67.2 Å². The van der Waals surface area contributed by atoms with Crippen molar-refractivity contribution in [3.8, 4) is 17.0 Å². The molecule has 1 aliphatic rings. The van der Waals surface area contributed by atoms with E-state index in [0.717, 1.165) is 43.0 Å². The number of rotatable bonds is 10. The van der Waals surface area contributed by atoms with E-state index in [4.69, 9.17) is 4.74 Å². The zero-order valence-electron chi connectivity index (χ0n) is 24.3. The number of nitrogens with zero attached hydrogens (tertiary/aromatic N) is 3. The average Bonchev–Trinajstić information content (AvgIpc) is 3.02. The summed E-state index contributed by atoms with van der Waals surface area (Å²) in [6, 6.07) is 15.4. The quantitative estimate of drug-likeness (QED) is 0.203. The second-order valence-electron chi connectivity index (χ2n) is 10.0. The fraction of sp³-hybridized carbons (Fsp3) is 0.233. The largest absolute Gasteiger partial charge is 0.573 e. The monoisotopic (exact) mass is 660 g/mol. The van der Waals surface area contributed by atoms with E-state index in [2.05, 4.69) is 35.0 Å². The number of alkyl halides is 3. The third-order valence-corrected chi connectivity index (χ3v) is 8.26. The molecular formula is C30H28F4N6O5S. The first-order valence-electron chi connectivity index (χ1n) is 13.8. The van der Waals surface area contributed by atoms with Crippen LogP contribution in [0.2, 0.25) is 0 Å². The van der Waals surface area contributed by atoms with Crippen molar-refractivity contribution in [2.45, 2.75) is 17.8 Å². The molecule has 0 bridgehead atoms. The predicted molar refractivity (Wildman–Crippen MR) is 161 cm³/mol. The van der Waals surface area contributed by atoms with Crippen LogP contribution in [0.3, 0.4) is 0 Å². The van der Waals surface area contributed by atoms with Crippen molar-refractivity contribution in [1.82, 2.24) is 19.6 Å². The van der Waals surface area contributed by atoms with Crippen LogP contribution >= 0.6 is 0 Å². The van der Waals surface area contributed by atoms with Gasteiger partial charge < -0.3 is 20.1 Å². The molecular weight excluding hydrogens is 632 g/mol. The minimum atomic E-state index is -4.91. The third kappa shape index (κ3) is 8.33. The number of ether oxygens (including phenoxy) is 2. The van der Waals surface area contributed by atoms with Crippen LogP contribution in [0, 0.1) is 5.82 Å². The van der Waals surface area contributed by atoms with Crippen molar-refractivity contribution in [3.05, 3.63) is 89.9 Å². The minimum absolute atomic E-state index is 0.0415. The third-order valence-electron chi connectivity index (χ3n) is 6.85. The summed E-state index contributed by atoms with van der Waals surface area (Å²) in [5.74, 6) is -2.09. The van der Waals surface area contributed by atoms with Gasteiger partial charge in [0.15, 0.2) is 0 Å². The highest BCUT2D eigenvalue weighted by molar-refractivity contribution is 7.89. The molecule has 11 nitrogen and oxygen atoms in total. The van der Waals surface area contributed by atoms with Gasteiger partial charge in [-0.25, -0.2) is 27.5 Å². The molecule has 242 valence electrons. The van der Waals surface area contributed by atoms with Gasteiger partial charge in [0, 0.05) is 36.4 Å². The Balaban J connectivity index is 1.33. The summed E-state index contributed by atoms with van der Waals surface area (Å²) in [5, 5.41) is 5.42. The normalized spacial score (nSPS) is 14.1.